The minimum Gasteiger partial charge on any atom is -0.482 e. The number of thiophene rings is 1. The highest BCUT2D eigenvalue weighted by Gasteiger charge is 2.25. The van der Waals surface area contributed by atoms with Crippen LogP contribution in [0.4, 0.5) is 5.00 Å². The highest BCUT2D eigenvalue weighted by atomic mass is 32.1. The maximum Gasteiger partial charge on any atom is 0.344 e. The van der Waals surface area contributed by atoms with Crippen LogP contribution in [-0.4, -0.2) is 31.0 Å². The van der Waals surface area contributed by atoms with Crippen LogP contribution in [0.2, 0.25) is 0 Å². The Labute approximate surface area is 166 Å². The van der Waals surface area contributed by atoms with Crippen LogP contribution in [0.5, 0.6) is 5.75 Å². The molecule has 0 aliphatic heterocycles. The summed E-state index contributed by atoms with van der Waals surface area (Å²) in [6.07, 6.45) is 3.71. The molecule has 0 saturated carbocycles. The largest absolute Gasteiger partial charge is 0.482 e. The van der Waals surface area contributed by atoms with Crippen molar-refractivity contribution in [2.45, 2.75) is 32.6 Å². The molecule has 28 heavy (non-hydrogen) atoms. The van der Waals surface area contributed by atoms with Crippen molar-refractivity contribution in [1.82, 2.24) is 0 Å². The average molecular weight is 402 g/mol. The SMILES string of the molecule is Cc1ccccc1OCC(=O)OCC(=O)Nc1sc2c(c1C(N)=O)CCCC2. The summed E-state index contributed by atoms with van der Waals surface area (Å²) >= 11 is 1.36. The van der Waals surface area contributed by atoms with Crippen LogP contribution in [0.15, 0.2) is 24.3 Å². The number of anilines is 1. The number of benzene rings is 1. The number of primary amides is 1. The molecule has 1 aliphatic rings. The highest BCUT2D eigenvalue weighted by molar-refractivity contribution is 7.17. The predicted octanol–water partition coefficient (Wildman–Crippen LogP) is 2.59. The Bertz CT molecular complexity index is 906. The van der Waals surface area contributed by atoms with E-state index in [4.69, 9.17) is 15.2 Å². The van der Waals surface area contributed by atoms with Crippen LogP contribution in [0.3, 0.4) is 0 Å². The maximum absolute atomic E-state index is 12.2. The minimum atomic E-state index is -0.654. The number of rotatable bonds is 7. The van der Waals surface area contributed by atoms with Gasteiger partial charge >= 0.3 is 5.97 Å². The van der Waals surface area contributed by atoms with Gasteiger partial charge in [0.2, 0.25) is 0 Å². The molecule has 0 radical (unpaired) electrons. The van der Waals surface area contributed by atoms with Crippen molar-refractivity contribution in [3.8, 4) is 5.75 Å². The minimum absolute atomic E-state index is 0.294. The molecule has 1 aromatic carbocycles. The van der Waals surface area contributed by atoms with Crippen LogP contribution in [0.25, 0.3) is 0 Å². The molecule has 2 amide bonds. The van der Waals surface area contributed by atoms with E-state index in [1.807, 2.05) is 19.1 Å². The monoisotopic (exact) mass is 402 g/mol. The van der Waals surface area contributed by atoms with E-state index in [1.165, 1.54) is 11.3 Å². The van der Waals surface area contributed by atoms with E-state index in [1.54, 1.807) is 12.1 Å². The van der Waals surface area contributed by atoms with Crippen molar-refractivity contribution in [1.29, 1.82) is 0 Å². The molecular formula is C20H22N2O5S. The first-order valence-electron chi connectivity index (χ1n) is 9.04. The highest BCUT2D eigenvalue weighted by Crippen LogP contribution is 2.37. The third kappa shape index (κ3) is 4.69. The molecule has 1 aromatic heterocycles. The number of aryl methyl sites for hydroxylation is 2. The van der Waals surface area contributed by atoms with Gasteiger partial charge in [0.1, 0.15) is 10.8 Å². The number of nitrogens with one attached hydrogen (secondary N) is 1. The first-order chi connectivity index (χ1) is 13.5. The number of hydrogen-bond acceptors (Lipinski definition) is 6. The normalized spacial score (nSPS) is 12.8. The number of nitrogens with two attached hydrogens (primary N) is 1. The lowest BCUT2D eigenvalue weighted by Crippen LogP contribution is -2.24. The Morgan fingerprint density at radius 1 is 1.14 bits per heavy atom. The summed E-state index contributed by atoms with van der Waals surface area (Å²) in [5, 5.41) is 3.08. The number of ether oxygens (including phenoxy) is 2. The molecule has 1 aliphatic carbocycles. The lowest BCUT2D eigenvalue weighted by molar-refractivity contribution is -0.149. The number of fused-ring (bicyclic) bond motifs is 1. The summed E-state index contributed by atoms with van der Waals surface area (Å²) in [6, 6.07) is 7.29. The van der Waals surface area contributed by atoms with Gasteiger partial charge in [-0.2, -0.15) is 0 Å². The molecule has 3 N–H and O–H groups in total. The van der Waals surface area contributed by atoms with E-state index in [9.17, 15) is 14.4 Å². The maximum atomic E-state index is 12.2. The van der Waals surface area contributed by atoms with E-state index in [0.717, 1.165) is 41.7 Å². The zero-order valence-corrected chi connectivity index (χ0v) is 16.4. The van der Waals surface area contributed by atoms with E-state index < -0.39 is 24.4 Å². The zero-order chi connectivity index (χ0) is 20.1. The van der Waals surface area contributed by atoms with Crippen molar-refractivity contribution in [2.75, 3.05) is 18.5 Å². The van der Waals surface area contributed by atoms with Gasteiger partial charge in [0, 0.05) is 4.88 Å². The number of amides is 2. The number of carbonyl (C=O) groups is 3. The summed E-state index contributed by atoms with van der Waals surface area (Å²) in [7, 11) is 0. The van der Waals surface area contributed by atoms with Crippen molar-refractivity contribution < 1.29 is 23.9 Å². The van der Waals surface area contributed by atoms with Crippen LogP contribution < -0.4 is 15.8 Å². The average Bonchev–Trinajstić information content (AvgIpc) is 3.03. The second-order valence-electron chi connectivity index (χ2n) is 6.54. The quantitative estimate of drug-likeness (QED) is 0.692. The summed E-state index contributed by atoms with van der Waals surface area (Å²) < 4.78 is 10.3. The molecule has 1 heterocycles. The van der Waals surface area contributed by atoms with Gasteiger partial charge in [-0.1, -0.05) is 18.2 Å². The van der Waals surface area contributed by atoms with Crippen LogP contribution in [-0.2, 0) is 27.2 Å². The standard InChI is InChI=1S/C20H22N2O5S/c1-12-6-2-4-8-14(12)26-11-17(24)27-10-16(23)22-20-18(19(21)25)13-7-3-5-9-15(13)28-20/h2,4,6,8H,3,5,7,9-11H2,1H3,(H2,21,25)(H,22,23). The molecule has 3 rings (SSSR count). The molecule has 0 atom stereocenters. The number of carbonyl (C=O) groups excluding carboxylic acids is 3. The van der Waals surface area contributed by atoms with Gasteiger partial charge in [-0.05, 0) is 49.8 Å². The number of hydrogen-bond donors (Lipinski definition) is 2. The van der Waals surface area contributed by atoms with Crippen molar-refractivity contribution in [3.05, 3.63) is 45.8 Å². The van der Waals surface area contributed by atoms with Crippen molar-refractivity contribution in [3.63, 3.8) is 0 Å². The molecule has 7 nitrogen and oxygen atoms in total. The Kier molecular flexibility index (Phi) is 6.30. The lowest BCUT2D eigenvalue weighted by Gasteiger charge is -2.11. The molecular weight excluding hydrogens is 380 g/mol. The van der Waals surface area contributed by atoms with Crippen LogP contribution in [0.1, 0.15) is 39.2 Å². The van der Waals surface area contributed by atoms with Crippen LogP contribution in [0, 0.1) is 6.92 Å². The number of para-hydroxylation sites is 1. The van der Waals surface area contributed by atoms with Gasteiger partial charge in [0.25, 0.3) is 11.8 Å². The van der Waals surface area contributed by atoms with Crippen molar-refractivity contribution >= 4 is 34.1 Å². The number of esters is 1. The Morgan fingerprint density at radius 2 is 1.89 bits per heavy atom. The summed E-state index contributed by atoms with van der Waals surface area (Å²) in [4.78, 5) is 36.9. The van der Waals surface area contributed by atoms with E-state index >= 15 is 0 Å². The van der Waals surface area contributed by atoms with Gasteiger partial charge < -0.3 is 20.5 Å². The van der Waals surface area contributed by atoms with Gasteiger partial charge in [-0.15, -0.1) is 11.3 Å². The van der Waals surface area contributed by atoms with Gasteiger partial charge in [0.05, 0.1) is 5.56 Å². The zero-order valence-electron chi connectivity index (χ0n) is 15.6. The fourth-order valence-electron chi connectivity index (χ4n) is 3.12. The molecule has 148 valence electrons. The first-order valence-corrected chi connectivity index (χ1v) is 9.85. The first kappa shape index (κ1) is 19.9. The van der Waals surface area contributed by atoms with Crippen molar-refractivity contribution in [2.24, 2.45) is 5.73 Å². The molecule has 8 heteroatoms. The molecule has 0 spiro atoms. The van der Waals surface area contributed by atoms with E-state index in [2.05, 4.69) is 5.32 Å². The van der Waals surface area contributed by atoms with Gasteiger partial charge in [-0.25, -0.2) is 4.79 Å². The van der Waals surface area contributed by atoms with Gasteiger partial charge in [-0.3, -0.25) is 9.59 Å². The lowest BCUT2D eigenvalue weighted by atomic mass is 9.95. The molecule has 0 fully saturated rings. The third-order valence-corrected chi connectivity index (χ3v) is 5.68. The second-order valence-corrected chi connectivity index (χ2v) is 7.65. The fourth-order valence-corrected chi connectivity index (χ4v) is 4.43. The molecule has 0 unspecified atom stereocenters. The Balaban J connectivity index is 1.53. The summed E-state index contributed by atoms with van der Waals surface area (Å²) in [6.45, 7) is 1.11. The topological polar surface area (TPSA) is 108 Å². The summed E-state index contributed by atoms with van der Waals surface area (Å²) in [5.41, 5.74) is 7.71. The Hall–Kier alpha value is -2.87. The third-order valence-electron chi connectivity index (χ3n) is 4.47. The molecule has 0 saturated heterocycles. The van der Waals surface area contributed by atoms with E-state index in [0.29, 0.717) is 16.3 Å². The Morgan fingerprint density at radius 3 is 2.64 bits per heavy atom. The fraction of sp³-hybridized carbons (Fsp3) is 0.350. The predicted molar refractivity (Wildman–Crippen MR) is 106 cm³/mol. The second kappa shape index (κ2) is 8.88. The van der Waals surface area contributed by atoms with E-state index in [-0.39, 0.29) is 6.61 Å². The molecule has 2 aromatic rings. The summed E-state index contributed by atoms with van der Waals surface area (Å²) in [5.74, 6) is -1.15. The molecule has 0 bridgehead atoms. The smallest absolute Gasteiger partial charge is 0.344 e. The van der Waals surface area contributed by atoms with Crippen LogP contribution >= 0.6 is 11.3 Å². The van der Waals surface area contributed by atoms with Gasteiger partial charge in [0.15, 0.2) is 13.2 Å².